The number of hydrogen-bond donors (Lipinski definition) is 0. The van der Waals surface area contributed by atoms with E-state index in [0.717, 1.165) is 25.0 Å². The number of nitro groups is 1. The van der Waals surface area contributed by atoms with Crippen molar-refractivity contribution < 1.29 is 18.1 Å². The van der Waals surface area contributed by atoms with Gasteiger partial charge in [-0.1, -0.05) is 31.0 Å². The van der Waals surface area contributed by atoms with Crippen molar-refractivity contribution >= 4 is 6.08 Å². The number of hydrogen-bond acceptors (Lipinski definition) is 2. The first kappa shape index (κ1) is 14.6. The Morgan fingerprint density at radius 2 is 1.85 bits per heavy atom. The van der Waals surface area contributed by atoms with Crippen molar-refractivity contribution in [3.8, 4) is 0 Å². The van der Waals surface area contributed by atoms with Gasteiger partial charge in [0.15, 0.2) is 0 Å². The standard InChI is InChI=1S/C14H14F3NO2/c15-14(16,17)12-8-4-3-7-11(12)9-13(18(19)20)10-5-1-2-6-10/h3-4,7-10H,1-2,5-6H2/b13-9+. The summed E-state index contributed by atoms with van der Waals surface area (Å²) in [6, 6.07) is 4.94. The first-order chi connectivity index (χ1) is 9.39. The van der Waals surface area contributed by atoms with Crippen LogP contribution in [-0.2, 0) is 6.18 Å². The van der Waals surface area contributed by atoms with Gasteiger partial charge in [-0.2, -0.15) is 13.2 Å². The number of benzene rings is 1. The molecular weight excluding hydrogens is 271 g/mol. The topological polar surface area (TPSA) is 43.1 Å². The first-order valence-corrected chi connectivity index (χ1v) is 6.42. The van der Waals surface area contributed by atoms with E-state index in [0.29, 0.717) is 12.8 Å². The van der Waals surface area contributed by atoms with Crippen molar-refractivity contribution in [2.75, 3.05) is 0 Å². The van der Waals surface area contributed by atoms with E-state index in [2.05, 4.69) is 0 Å². The van der Waals surface area contributed by atoms with Gasteiger partial charge in [-0.05, 0) is 24.5 Å². The third-order valence-corrected chi connectivity index (χ3v) is 3.55. The molecule has 0 atom stereocenters. The third kappa shape index (κ3) is 3.18. The Labute approximate surface area is 114 Å². The van der Waals surface area contributed by atoms with Gasteiger partial charge in [-0.3, -0.25) is 10.1 Å². The smallest absolute Gasteiger partial charge is 0.259 e. The van der Waals surface area contributed by atoms with Crippen LogP contribution in [0.3, 0.4) is 0 Å². The van der Waals surface area contributed by atoms with Crippen LogP contribution in [0.25, 0.3) is 6.08 Å². The average Bonchev–Trinajstić information content (AvgIpc) is 2.88. The maximum absolute atomic E-state index is 12.9. The fourth-order valence-electron chi connectivity index (χ4n) is 2.58. The summed E-state index contributed by atoms with van der Waals surface area (Å²) in [5.74, 6) is -0.244. The van der Waals surface area contributed by atoms with Crippen LogP contribution in [0.1, 0.15) is 36.8 Å². The molecule has 1 saturated carbocycles. The predicted octanol–water partition coefficient (Wildman–Crippen LogP) is 4.51. The summed E-state index contributed by atoms with van der Waals surface area (Å²) < 4.78 is 38.6. The highest BCUT2D eigenvalue weighted by Crippen LogP contribution is 2.36. The Bertz CT molecular complexity index is 531. The molecule has 108 valence electrons. The van der Waals surface area contributed by atoms with Crippen LogP contribution in [0.2, 0.25) is 0 Å². The molecule has 1 aromatic carbocycles. The van der Waals surface area contributed by atoms with Crippen molar-refractivity contribution in [2.45, 2.75) is 31.9 Å². The van der Waals surface area contributed by atoms with E-state index in [4.69, 9.17) is 0 Å². The predicted molar refractivity (Wildman–Crippen MR) is 68.4 cm³/mol. The van der Waals surface area contributed by atoms with Gasteiger partial charge in [0.1, 0.15) is 0 Å². The summed E-state index contributed by atoms with van der Waals surface area (Å²) in [5.41, 5.74) is -1.09. The summed E-state index contributed by atoms with van der Waals surface area (Å²) in [5, 5.41) is 11.1. The van der Waals surface area contributed by atoms with Gasteiger partial charge in [0.2, 0.25) is 5.70 Å². The van der Waals surface area contributed by atoms with E-state index in [9.17, 15) is 23.3 Å². The minimum atomic E-state index is -4.51. The summed E-state index contributed by atoms with van der Waals surface area (Å²) in [6.07, 6.45) is -0.321. The van der Waals surface area contributed by atoms with E-state index in [-0.39, 0.29) is 17.2 Å². The largest absolute Gasteiger partial charge is 0.416 e. The van der Waals surface area contributed by atoms with Gasteiger partial charge in [-0.25, -0.2) is 0 Å². The SMILES string of the molecule is O=[N+]([O-])/C(=C/c1ccccc1C(F)(F)F)C1CCCC1. The van der Waals surface area contributed by atoms with Crippen molar-refractivity contribution in [2.24, 2.45) is 5.92 Å². The van der Waals surface area contributed by atoms with E-state index >= 15 is 0 Å². The Kier molecular flexibility index (Phi) is 4.11. The Morgan fingerprint density at radius 1 is 1.25 bits per heavy atom. The molecule has 0 N–H and O–H groups in total. The summed E-state index contributed by atoms with van der Waals surface area (Å²) in [4.78, 5) is 10.6. The van der Waals surface area contributed by atoms with Crippen LogP contribution in [0.4, 0.5) is 13.2 Å². The van der Waals surface area contributed by atoms with Crippen LogP contribution >= 0.6 is 0 Å². The molecule has 0 aromatic heterocycles. The van der Waals surface area contributed by atoms with Gasteiger partial charge in [-0.15, -0.1) is 0 Å². The monoisotopic (exact) mass is 285 g/mol. The molecular formula is C14H14F3NO2. The second-order valence-corrected chi connectivity index (χ2v) is 4.89. The molecule has 0 aliphatic heterocycles. The molecule has 1 fully saturated rings. The van der Waals surface area contributed by atoms with Crippen molar-refractivity contribution in [3.05, 3.63) is 51.2 Å². The van der Waals surface area contributed by atoms with E-state index < -0.39 is 16.7 Å². The number of allylic oxidation sites excluding steroid dienone is 1. The normalized spacial score (nSPS) is 17.4. The van der Waals surface area contributed by atoms with E-state index in [1.807, 2.05) is 0 Å². The second kappa shape index (κ2) is 5.64. The van der Waals surface area contributed by atoms with Crippen LogP contribution < -0.4 is 0 Å². The summed E-state index contributed by atoms with van der Waals surface area (Å²) in [6.45, 7) is 0. The van der Waals surface area contributed by atoms with Crippen LogP contribution in [0.5, 0.6) is 0 Å². The minimum Gasteiger partial charge on any atom is -0.259 e. The lowest BCUT2D eigenvalue weighted by molar-refractivity contribution is -0.432. The molecule has 0 heterocycles. The highest BCUT2D eigenvalue weighted by atomic mass is 19.4. The van der Waals surface area contributed by atoms with Crippen molar-refractivity contribution in [1.82, 2.24) is 0 Å². The van der Waals surface area contributed by atoms with Crippen molar-refractivity contribution in [3.63, 3.8) is 0 Å². The van der Waals surface area contributed by atoms with E-state index in [1.54, 1.807) is 0 Å². The van der Waals surface area contributed by atoms with Crippen LogP contribution in [0, 0.1) is 16.0 Å². The molecule has 0 saturated heterocycles. The highest BCUT2D eigenvalue weighted by Gasteiger charge is 2.34. The maximum atomic E-state index is 12.9. The maximum Gasteiger partial charge on any atom is 0.416 e. The minimum absolute atomic E-state index is 0.112. The first-order valence-electron chi connectivity index (χ1n) is 6.42. The fourth-order valence-corrected chi connectivity index (χ4v) is 2.58. The van der Waals surface area contributed by atoms with Crippen LogP contribution in [0.15, 0.2) is 30.0 Å². The van der Waals surface area contributed by atoms with Gasteiger partial charge in [0, 0.05) is 12.0 Å². The molecule has 0 amide bonds. The molecule has 0 unspecified atom stereocenters. The Balaban J connectivity index is 2.44. The molecule has 2 rings (SSSR count). The number of alkyl halides is 3. The lowest BCUT2D eigenvalue weighted by atomic mass is 9.99. The number of rotatable bonds is 3. The zero-order chi connectivity index (χ0) is 14.8. The summed E-state index contributed by atoms with van der Waals surface area (Å²) in [7, 11) is 0. The van der Waals surface area contributed by atoms with Gasteiger partial charge in [0.05, 0.1) is 10.5 Å². The van der Waals surface area contributed by atoms with Gasteiger partial charge < -0.3 is 0 Å². The molecule has 1 aliphatic carbocycles. The Morgan fingerprint density at radius 3 is 2.40 bits per heavy atom. The Hall–Kier alpha value is -1.85. The highest BCUT2D eigenvalue weighted by molar-refractivity contribution is 5.56. The van der Waals surface area contributed by atoms with Gasteiger partial charge in [0.25, 0.3) is 0 Å². The zero-order valence-corrected chi connectivity index (χ0v) is 10.7. The van der Waals surface area contributed by atoms with Gasteiger partial charge >= 0.3 is 6.18 Å². The van der Waals surface area contributed by atoms with Crippen LogP contribution in [-0.4, -0.2) is 4.92 Å². The molecule has 20 heavy (non-hydrogen) atoms. The lowest BCUT2D eigenvalue weighted by Gasteiger charge is -2.11. The second-order valence-electron chi connectivity index (χ2n) is 4.89. The molecule has 6 heteroatoms. The third-order valence-electron chi connectivity index (χ3n) is 3.55. The quantitative estimate of drug-likeness (QED) is 0.605. The lowest BCUT2D eigenvalue weighted by Crippen LogP contribution is -2.11. The molecule has 3 nitrogen and oxygen atoms in total. The zero-order valence-electron chi connectivity index (χ0n) is 10.7. The molecule has 0 bridgehead atoms. The summed E-state index contributed by atoms with van der Waals surface area (Å²) >= 11 is 0. The number of halogens is 3. The molecule has 1 aromatic rings. The van der Waals surface area contributed by atoms with Crippen molar-refractivity contribution in [1.29, 1.82) is 0 Å². The number of nitrogens with zero attached hydrogens (tertiary/aromatic N) is 1. The molecule has 0 radical (unpaired) electrons. The average molecular weight is 285 g/mol. The molecule has 0 spiro atoms. The molecule has 1 aliphatic rings. The fraction of sp³-hybridized carbons (Fsp3) is 0.429. The van der Waals surface area contributed by atoms with E-state index in [1.165, 1.54) is 18.2 Å².